The van der Waals surface area contributed by atoms with Gasteiger partial charge in [0.1, 0.15) is 0 Å². The van der Waals surface area contributed by atoms with Crippen molar-refractivity contribution in [3.8, 4) is 0 Å². The smallest absolute Gasteiger partial charge is 0.216 e. The van der Waals surface area contributed by atoms with Crippen molar-refractivity contribution in [2.45, 2.75) is 32.8 Å². The highest BCUT2D eigenvalue weighted by Crippen LogP contribution is 2.09. The van der Waals surface area contributed by atoms with E-state index in [-0.39, 0.29) is 18.5 Å². The zero-order chi connectivity index (χ0) is 21.1. The molecule has 29 heavy (non-hydrogen) atoms. The number of guanidine groups is 1. The summed E-state index contributed by atoms with van der Waals surface area (Å²) in [6.07, 6.45) is 2.28. The van der Waals surface area contributed by atoms with Crippen LogP contribution in [0.15, 0.2) is 4.99 Å². The van der Waals surface area contributed by atoms with E-state index < -0.39 is 10.0 Å². The van der Waals surface area contributed by atoms with Crippen LogP contribution in [-0.4, -0.2) is 120 Å². The molecule has 0 aromatic rings. The Kier molecular flexibility index (Phi) is 10.6. The molecule has 2 aliphatic rings. The number of nitrogens with zero attached hydrogens (tertiary/aromatic N) is 4. The number of sulfonamides is 1. The Hall–Kier alpha value is -0.940. The molecule has 2 rings (SSSR count). The first kappa shape index (κ1) is 24.3. The van der Waals surface area contributed by atoms with E-state index in [0.717, 1.165) is 58.2 Å². The normalized spacial score (nSPS) is 20.4. The summed E-state index contributed by atoms with van der Waals surface area (Å²) in [4.78, 5) is 8.96. The molecule has 2 aliphatic heterocycles. The maximum absolute atomic E-state index is 12.5. The highest BCUT2D eigenvalue weighted by atomic mass is 32.2. The Morgan fingerprint density at radius 1 is 1.10 bits per heavy atom. The van der Waals surface area contributed by atoms with Crippen LogP contribution in [0.3, 0.4) is 0 Å². The predicted octanol–water partition coefficient (Wildman–Crippen LogP) is 0.0466. The lowest BCUT2D eigenvalue weighted by Crippen LogP contribution is -2.54. The van der Waals surface area contributed by atoms with E-state index in [4.69, 9.17) is 9.47 Å². The van der Waals surface area contributed by atoms with Crippen LogP contribution >= 0.6 is 0 Å². The molecule has 0 amide bonds. The molecule has 0 bridgehead atoms. The van der Waals surface area contributed by atoms with Crippen LogP contribution in [0.1, 0.15) is 26.7 Å². The predicted molar refractivity (Wildman–Crippen MR) is 116 cm³/mol. The summed E-state index contributed by atoms with van der Waals surface area (Å²) < 4.78 is 37.3. The summed E-state index contributed by atoms with van der Waals surface area (Å²) >= 11 is 0. The van der Waals surface area contributed by atoms with Crippen LogP contribution < -0.4 is 5.32 Å². The van der Waals surface area contributed by atoms with E-state index in [2.05, 4.69) is 20.1 Å². The Morgan fingerprint density at radius 2 is 1.79 bits per heavy atom. The van der Waals surface area contributed by atoms with E-state index in [1.54, 1.807) is 11.4 Å². The number of hydrogen-bond donors (Lipinski definition) is 1. The van der Waals surface area contributed by atoms with Gasteiger partial charge in [0, 0.05) is 52.9 Å². The van der Waals surface area contributed by atoms with Gasteiger partial charge in [-0.25, -0.2) is 8.42 Å². The molecule has 0 radical (unpaired) electrons. The van der Waals surface area contributed by atoms with Crippen LogP contribution in [0, 0.1) is 0 Å². The number of morpholine rings is 1. The highest BCUT2D eigenvalue weighted by molar-refractivity contribution is 7.89. The van der Waals surface area contributed by atoms with Crippen molar-refractivity contribution >= 4 is 16.0 Å². The molecule has 1 N–H and O–H groups in total. The lowest BCUT2D eigenvalue weighted by molar-refractivity contribution is 0.0372. The van der Waals surface area contributed by atoms with Gasteiger partial charge in [0.2, 0.25) is 10.0 Å². The zero-order valence-corrected chi connectivity index (χ0v) is 19.1. The molecule has 0 aliphatic carbocycles. The topological polar surface area (TPSA) is 86.7 Å². The van der Waals surface area contributed by atoms with Gasteiger partial charge in [-0.3, -0.25) is 9.89 Å². The molecule has 0 aromatic heterocycles. The number of piperazine rings is 1. The maximum atomic E-state index is 12.5. The van der Waals surface area contributed by atoms with E-state index >= 15 is 0 Å². The third kappa shape index (κ3) is 8.75. The minimum atomic E-state index is -3.26. The number of unbranched alkanes of at least 4 members (excludes halogenated alkanes) is 1. The Balaban J connectivity index is 1.64. The van der Waals surface area contributed by atoms with Crippen molar-refractivity contribution in [3.63, 3.8) is 0 Å². The lowest BCUT2D eigenvalue weighted by atomic mass is 10.2. The van der Waals surface area contributed by atoms with Crippen LogP contribution in [0.4, 0.5) is 0 Å². The van der Waals surface area contributed by atoms with Crippen molar-refractivity contribution in [2.75, 3.05) is 85.0 Å². The summed E-state index contributed by atoms with van der Waals surface area (Å²) in [7, 11) is -1.48. The molecule has 10 heteroatoms. The van der Waals surface area contributed by atoms with Crippen molar-refractivity contribution in [3.05, 3.63) is 0 Å². The Morgan fingerprint density at radius 3 is 2.41 bits per heavy atom. The van der Waals surface area contributed by atoms with Gasteiger partial charge in [-0.2, -0.15) is 4.31 Å². The standard InChI is InChI=1S/C19H39N5O4S/c1-18(2)28-16-17-29(25,26)24-10-8-23(9-11-24)19(20-3)21-6-4-5-7-22-12-14-27-15-13-22/h18H,4-17H2,1-3H3,(H,20,21). The second kappa shape index (κ2) is 12.7. The van der Waals surface area contributed by atoms with Crippen LogP contribution in [0.2, 0.25) is 0 Å². The minimum absolute atomic E-state index is 0.0430. The summed E-state index contributed by atoms with van der Waals surface area (Å²) in [5, 5.41) is 3.42. The first-order chi connectivity index (χ1) is 13.9. The SMILES string of the molecule is CN=C(NCCCCN1CCOCC1)N1CCN(S(=O)(=O)CCOC(C)C)CC1. The summed E-state index contributed by atoms with van der Waals surface area (Å²) in [5.74, 6) is 0.901. The minimum Gasteiger partial charge on any atom is -0.379 e. The average Bonchev–Trinajstić information content (AvgIpc) is 2.71. The lowest BCUT2D eigenvalue weighted by Gasteiger charge is -2.36. The molecule has 9 nitrogen and oxygen atoms in total. The molecule has 170 valence electrons. The second-order valence-corrected chi connectivity index (χ2v) is 9.85. The van der Waals surface area contributed by atoms with Gasteiger partial charge < -0.3 is 19.7 Å². The number of rotatable bonds is 10. The fraction of sp³-hybridized carbons (Fsp3) is 0.947. The fourth-order valence-corrected chi connectivity index (χ4v) is 4.80. The van der Waals surface area contributed by atoms with E-state index in [1.807, 2.05) is 13.8 Å². The molecule has 0 spiro atoms. The monoisotopic (exact) mass is 433 g/mol. The van der Waals surface area contributed by atoms with Gasteiger partial charge >= 0.3 is 0 Å². The second-order valence-electron chi connectivity index (χ2n) is 7.76. The first-order valence-electron chi connectivity index (χ1n) is 10.8. The quantitative estimate of drug-likeness (QED) is 0.296. The maximum Gasteiger partial charge on any atom is 0.216 e. The van der Waals surface area contributed by atoms with Gasteiger partial charge in [0.15, 0.2) is 5.96 Å². The van der Waals surface area contributed by atoms with Gasteiger partial charge in [0.05, 0.1) is 31.7 Å². The van der Waals surface area contributed by atoms with E-state index in [1.165, 1.54) is 0 Å². The third-order valence-corrected chi connectivity index (χ3v) is 7.06. The first-order valence-corrected chi connectivity index (χ1v) is 12.4. The molecule has 0 aromatic carbocycles. The van der Waals surface area contributed by atoms with Crippen molar-refractivity contribution in [1.82, 2.24) is 19.4 Å². The summed E-state index contributed by atoms with van der Waals surface area (Å²) in [6, 6.07) is 0. The van der Waals surface area contributed by atoms with Crippen LogP contribution in [0.5, 0.6) is 0 Å². The van der Waals surface area contributed by atoms with Crippen molar-refractivity contribution < 1.29 is 17.9 Å². The number of ether oxygens (including phenoxy) is 2. The fourth-order valence-electron chi connectivity index (χ4n) is 3.51. The molecule has 0 saturated carbocycles. The molecule has 2 heterocycles. The number of aliphatic imine (C=N–C) groups is 1. The van der Waals surface area contributed by atoms with Crippen LogP contribution in [0.25, 0.3) is 0 Å². The zero-order valence-electron chi connectivity index (χ0n) is 18.3. The van der Waals surface area contributed by atoms with Gasteiger partial charge in [-0.1, -0.05) is 0 Å². The van der Waals surface area contributed by atoms with Gasteiger partial charge in [0.25, 0.3) is 0 Å². The summed E-state index contributed by atoms with van der Waals surface area (Å²) in [5.41, 5.74) is 0. The molecule has 2 fully saturated rings. The molecule has 0 unspecified atom stereocenters. The summed E-state index contributed by atoms with van der Waals surface area (Å²) in [6.45, 7) is 12.1. The third-order valence-electron chi connectivity index (χ3n) is 5.22. The molecular weight excluding hydrogens is 394 g/mol. The molecular formula is C19H39N5O4S. The number of hydrogen-bond acceptors (Lipinski definition) is 6. The largest absolute Gasteiger partial charge is 0.379 e. The number of nitrogens with one attached hydrogen (secondary N) is 1. The Labute approximate surface area is 176 Å². The molecule has 0 atom stereocenters. The van der Waals surface area contributed by atoms with Crippen molar-refractivity contribution in [2.24, 2.45) is 4.99 Å². The van der Waals surface area contributed by atoms with Gasteiger partial charge in [-0.05, 0) is 33.2 Å². The van der Waals surface area contributed by atoms with Gasteiger partial charge in [-0.15, -0.1) is 0 Å². The van der Waals surface area contributed by atoms with E-state index in [9.17, 15) is 8.42 Å². The Bertz CT molecular complexity index is 585. The average molecular weight is 434 g/mol. The van der Waals surface area contributed by atoms with E-state index in [0.29, 0.717) is 26.2 Å². The van der Waals surface area contributed by atoms with Crippen molar-refractivity contribution in [1.29, 1.82) is 0 Å². The van der Waals surface area contributed by atoms with Crippen LogP contribution in [-0.2, 0) is 19.5 Å². The highest BCUT2D eigenvalue weighted by Gasteiger charge is 2.27. The molecule has 2 saturated heterocycles.